The predicted octanol–water partition coefficient (Wildman–Crippen LogP) is 1.60. The van der Waals surface area contributed by atoms with Crippen LogP contribution in [-0.4, -0.2) is 30.8 Å². The molecule has 0 radical (unpaired) electrons. The summed E-state index contributed by atoms with van der Waals surface area (Å²) in [7, 11) is -3.57. The molecule has 0 aliphatic carbocycles. The first-order chi connectivity index (χ1) is 11.0. The van der Waals surface area contributed by atoms with Crippen LogP contribution in [0.4, 0.5) is 0 Å². The average molecular weight is 353 g/mol. The van der Waals surface area contributed by atoms with E-state index in [0.717, 1.165) is 11.1 Å². The van der Waals surface area contributed by atoms with E-state index >= 15 is 0 Å². The molecular formula is C15H17ClN4O2S. The Kier molecular flexibility index (Phi) is 4.82. The van der Waals surface area contributed by atoms with E-state index in [-0.39, 0.29) is 6.04 Å². The Labute approximate surface area is 140 Å². The number of nitrogens with zero attached hydrogens (tertiary/aromatic N) is 2. The lowest BCUT2D eigenvalue weighted by Gasteiger charge is -2.15. The van der Waals surface area contributed by atoms with Gasteiger partial charge in [0.15, 0.2) is 0 Å². The van der Waals surface area contributed by atoms with Gasteiger partial charge in [-0.15, -0.1) is 0 Å². The molecule has 1 aliphatic rings. The Hall–Kier alpha value is -1.67. The van der Waals surface area contributed by atoms with E-state index in [4.69, 9.17) is 11.6 Å². The fraction of sp³-hybridized carbons (Fsp3) is 0.267. The number of sulfonamides is 1. The van der Waals surface area contributed by atoms with Crippen molar-refractivity contribution in [3.05, 3.63) is 58.2 Å². The van der Waals surface area contributed by atoms with E-state index in [1.807, 2.05) is 10.7 Å². The number of fused-ring (bicyclic) bond motifs is 1. The van der Waals surface area contributed by atoms with Crippen molar-refractivity contribution < 1.29 is 8.42 Å². The molecule has 23 heavy (non-hydrogen) atoms. The number of rotatable bonds is 4. The Morgan fingerprint density at radius 1 is 1.35 bits per heavy atom. The van der Waals surface area contributed by atoms with E-state index in [1.165, 1.54) is 6.08 Å². The molecule has 1 atom stereocenters. The van der Waals surface area contributed by atoms with Crippen molar-refractivity contribution in [1.29, 1.82) is 0 Å². The lowest BCUT2D eigenvalue weighted by molar-refractivity contribution is 0.475. The Balaban J connectivity index is 1.70. The average Bonchev–Trinajstić information content (AvgIpc) is 2.85. The second-order valence-electron chi connectivity index (χ2n) is 5.32. The lowest BCUT2D eigenvalue weighted by Crippen LogP contribution is -2.42. The molecule has 2 heterocycles. The van der Waals surface area contributed by atoms with E-state index < -0.39 is 10.0 Å². The van der Waals surface area contributed by atoms with Crippen LogP contribution in [0.15, 0.2) is 41.9 Å². The lowest BCUT2D eigenvalue weighted by atomic mass is 10.2. The first kappa shape index (κ1) is 16.2. The SMILES string of the molecule is O=S(=O)(/C=C/c1ccccc1Cl)NC1CNCc2ccnn2C1. The van der Waals surface area contributed by atoms with Gasteiger partial charge in [0.05, 0.1) is 18.3 Å². The fourth-order valence-electron chi connectivity index (χ4n) is 2.45. The topological polar surface area (TPSA) is 76.0 Å². The quantitative estimate of drug-likeness (QED) is 0.876. The van der Waals surface area contributed by atoms with Crippen LogP contribution in [0.1, 0.15) is 11.3 Å². The van der Waals surface area contributed by atoms with Crippen LogP contribution in [-0.2, 0) is 23.1 Å². The van der Waals surface area contributed by atoms with E-state index in [9.17, 15) is 8.42 Å². The summed E-state index contributed by atoms with van der Waals surface area (Å²) in [6.07, 6.45) is 3.21. The normalized spacial score (nSPS) is 18.7. The largest absolute Gasteiger partial charge is 0.310 e. The highest BCUT2D eigenvalue weighted by Crippen LogP contribution is 2.16. The molecule has 0 bridgehead atoms. The number of aromatic nitrogens is 2. The van der Waals surface area contributed by atoms with Crippen molar-refractivity contribution in [2.45, 2.75) is 19.1 Å². The molecule has 1 unspecified atom stereocenters. The van der Waals surface area contributed by atoms with E-state index in [2.05, 4.69) is 15.1 Å². The summed E-state index contributed by atoms with van der Waals surface area (Å²) in [5.74, 6) is 0. The number of hydrogen-bond acceptors (Lipinski definition) is 4. The van der Waals surface area contributed by atoms with E-state index in [0.29, 0.717) is 30.2 Å². The molecule has 0 saturated heterocycles. The second-order valence-corrected chi connectivity index (χ2v) is 7.32. The number of benzene rings is 1. The van der Waals surface area contributed by atoms with Gasteiger partial charge >= 0.3 is 0 Å². The molecule has 8 heteroatoms. The molecule has 2 aromatic rings. The monoisotopic (exact) mass is 352 g/mol. The number of nitrogens with one attached hydrogen (secondary N) is 2. The van der Waals surface area contributed by atoms with Crippen molar-refractivity contribution in [2.75, 3.05) is 6.54 Å². The Morgan fingerprint density at radius 2 is 2.17 bits per heavy atom. The van der Waals surface area contributed by atoms with Gasteiger partial charge in [-0.2, -0.15) is 5.10 Å². The van der Waals surface area contributed by atoms with Gasteiger partial charge in [-0.25, -0.2) is 13.1 Å². The van der Waals surface area contributed by atoms with Gasteiger partial charge in [-0.3, -0.25) is 4.68 Å². The maximum Gasteiger partial charge on any atom is 0.234 e. The highest BCUT2D eigenvalue weighted by atomic mass is 35.5. The summed E-state index contributed by atoms with van der Waals surface area (Å²) >= 11 is 6.02. The first-order valence-electron chi connectivity index (χ1n) is 7.20. The third-order valence-corrected chi connectivity index (χ3v) is 5.06. The molecule has 0 saturated carbocycles. The molecule has 1 aromatic carbocycles. The van der Waals surface area contributed by atoms with Gasteiger partial charge in [-0.05, 0) is 23.8 Å². The smallest absolute Gasteiger partial charge is 0.234 e. The maximum atomic E-state index is 12.2. The Morgan fingerprint density at radius 3 is 3.00 bits per heavy atom. The highest BCUT2D eigenvalue weighted by molar-refractivity contribution is 7.92. The van der Waals surface area contributed by atoms with Crippen molar-refractivity contribution in [3.8, 4) is 0 Å². The van der Waals surface area contributed by atoms with Gasteiger partial charge in [0.2, 0.25) is 10.0 Å². The minimum atomic E-state index is -3.57. The minimum Gasteiger partial charge on any atom is -0.310 e. The molecule has 1 aliphatic heterocycles. The van der Waals surface area contributed by atoms with Gasteiger partial charge < -0.3 is 5.32 Å². The van der Waals surface area contributed by atoms with Crippen LogP contribution in [0.2, 0.25) is 5.02 Å². The van der Waals surface area contributed by atoms with Crippen LogP contribution in [0.3, 0.4) is 0 Å². The van der Waals surface area contributed by atoms with Crippen LogP contribution >= 0.6 is 11.6 Å². The summed E-state index contributed by atoms with van der Waals surface area (Å²) in [5, 5.41) is 9.07. The van der Waals surface area contributed by atoms with Gasteiger partial charge in [0, 0.05) is 29.7 Å². The first-order valence-corrected chi connectivity index (χ1v) is 9.12. The fourth-order valence-corrected chi connectivity index (χ4v) is 3.67. The maximum absolute atomic E-state index is 12.2. The molecule has 0 amide bonds. The van der Waals surface area contributed by atoms with Crippen LogP contribution < -0.4 is 10.0 Å². The molecule has 6 nitrogen and oxygen atoms in total. The van der Waals surface area contributed by atoms with Crippen molar-refractivity contribution in [3.63, 3.8) is 0 Å². The van der Waals surface area contributed by atoms with Crippen LogP contribution in [0.25, 0.3) is 6.08 Å². The van der Waals surface area contributed by atoms with Gasteiger partial charge in [0.1, 0.15) is 0 Å². The molecule has 0 fully saturated rings. The van der Waals surface area contributed by atoms with Crippen LogP contribution in [0, 0.1) is 0 Å². The molecule has 1 aromatic heterocycles. The number of hydrogen-bond donors (Lipinski definition) is 2. The van der Waals surface area contributed by atoms with E-state index in [1.54, 1.807) is 30.5 Å². The number of halogens is 1. The highest BCUT2D eigenvalue weighted by Gasteiger charge is 2.20. The van der Waals surface area contributed by atoms with Crippen molar-refractivity contribution >= 4 is 27.7 Å². The molecule has 122 valence electrons. The summed E-state index contributed by atoms with van der Waals surface area (Å²) in [6, 6.07) is 8.73. The van der Waals surface area contributed by atoms with Gasteiger partial charge in [0.25, 0.3) is 0 Å². The zero-order chi connectivity index (χ0) is 16.3. The third-order valence-electron chi connectivity index (χ3n) is 3.56. The summed E-state index contributed by atoms with van der Waals surface area (Å²) < 4.78 is 29.0. The standard InChI is InChI=1S/C15H17ClN4O2S/c16-15-4-2-1-3-12(15)6-8-23(21,22)19-13-9-17-10-14-5-7-18-20(14)11-13/h1-8,13,17,19H,9-11H2/b8-6+. The van der Waals surface area contributed by atoms with Crippen molar-refractivity contribution in [1.82, 2.24) is 19.8 Å². The molecular weight excluding hydrogens is 336 g/mol. The zero-order valence-electron chi connectivity index (χ0n) is 12.3. The summed E-state index contributed by atoms with van der Waals surface area (Å²) in [4.78, 5) is 0. The van der Waals surface area contributed by atoms with Crippen molar-refractivity contribution in [2.24, 2.45) is 0 Å². The van der Waals surface area contributed by atoms with Gasteiger partial charge in [-0.1, -0.05) is 29.8 Å². The summed E-state index contributed by atoms with van der Waals surface area (Å²) in [6.45, 7) is 1.71. The second kappa shape index (κ2) is 6.84. The summed E-state index contributed by atoms with van der Waals surface area (Å²) in [5.41, 5.74) is 1.70. The third kappa shape index (κ3) is 4.20. The minimum absolute atomic E-state index is 0.267. The van der Waals surface area contributed by atoms with Crippen LogP contribution in [0.5, 0.6) is 0 Å². The molecule has 0 spiro atoms. The molecule has 3 rings (SSSR count). The Bertz CT molecular complexity index is 816. The predicted molar refractivity (Wildman–Crippen MR) is 90.3 cm³/mol. The molecule has 2 N–H and O–H groups in total. The zero-order valence-corrected chi connectivity index (χ0v) is 13.9.